The Morgan fingerprint density at radius 3 is 2.53 bits per heavy atom. The third-order valence-corrected chi connectivity index (χ3v) is 5.44. The third-order valence-electron chi connectivity index (χ3n) is 5.44. The number of nitrogens with one attached hydrogen (secondary N) is 1. The van der Waals surface area contributed by atoms with Crippen LogP contribution in [0, 0.1) is 0 Å². The zero-order chi connectivity index (χ0) is 23.5. The number of aryl methyl sites for hydroxylation is 1. The number of rotatable bonds is 6. The van der Waals surface area contributed by atoms with E-state index in [2.05, 4.69) is 15.3 Å². The molecule has 10 nitrogen and oxygen atoms in total. The first-order valence-electron chi connectivity index (χ1n) is 10.8. The van der Waals surface area contributed by atoms with Gasteiger partial charge in [-0.2, -0.15) is 0 Å². The van der Waals surface area contributed by atoms with Gasteiger partial charge >= 0.3 is 5.69 Å². The molecule has 0 fully saturated rings. The molecular formula is C24H21N5O5. The van der Waals surface area contributed by atoms with E-state index in [-0.39, 0.29) is 24.3 Å². The van der Waals surface area contributed by atoms with Crippen LogP contribution in [0.4, 0.5) is 5.69 Å². The van der Waals surface area contributed by atoms with E-state index in [1.807, 2.05) is 30.3 Å². The Kier molecular flexibility index (Phi) is 5.77. The van der Waals surface area contributed by atoms with E-state index in [4.69, 9.17) is 9.47 Å². The molecule has 4 aromatic rings. The molecule has 0 saturated carbocycles. The van der Waals surface area contributed by atoms with Crippen LogP contribution in [0.2, 0.25) is 0 Å². The minimum absolute atomic E-state index is 0.0299. The van der Waals surface area contributed by atoms with Gasteiger partial charge in [0.25, 0.3) is 5.56 Å². The van der Waals surface area contributed by atoms with Crippen molar-refractivity contribution in [1.82, 2.24) is 19.1 Å². The number of amides is 1. The SMILES string of the molecule is O=C(Cn1c(=O)n(CCc2ccccc2)c(=O)c2nccnc21)Nc1ccc2c(c1)OCCO2. The third kappa shape index (κ3) is 4.25. The van der Waals surface area contributed by atoms with Gasteiger partial charge in [-0.15, -0.1) is 0 Å². The van der Waals surface area contributed by atoms with E-state index in [0.29, 0.717) is 36.8 Å². The molecule has 0 unspecified atom stereocenters. The van der Waals surface area contributed by atoms with Gasteiger partial charge in [-0.05, 0) is 24.1 Å². The molecule has 5 rings (SSSR count). The van der Waals surface area contributed by atoms with Crippen molar-refractivity contribution in [2.24, 2.45) is 0 Å². The predicted octanol–water partition coefficient (Wildman–Crippen LogP) is 1.61. The van der Waals surface area contributed by atoms with E-state index in [1.54, 1.807) is 18.2 Å². The largest absolute Gasteiger partial charge is 0.486 e. The first kappa shape index (κ1) is 21.4. The summed E-state index contributed by atoms with van der Waals surface area (Å²) >= 11 is 0. The molecule has 2 aromatic carbocycles. The molecule has 3 heterocycles. The molecule has 1 aliphatic heterocycles. The molecule has 1 amide bonds. The number of carbonyl (C=O) groups excluding carboxylic acids is 1. The van der Waals surface area contributed by atoms with Gasteiger partial charge in [0.15, 0.2) is 22.7 Å². The number of anilines is 1. The molecule has 10 heteroatoms. The van der Waals surface area contributed by atoms with Crippen molar-refractivity contribution in [3.8, 4) is 11.5 Å². The lowest BCUT2D eigenvalue weighted by molar-refractivity contribution is -0.116. The van der Waals surface area contributed by atoms with Crippen LogP contribution in [0.25, 0.3) is 11.2 Å². The highest BCUT2D eigenvalue weighted by Crippen LogP contribution is 2.32. The summed E-state index contributed by atoms with van der Waals surface area (Å²) in [7, 11) is 0. The molecule has 1 aliphatic rings. The molecule has 0 bridgehead atoms. The standard InChI is InChI=1S/C24H21N5O5/c30-20(27-17-6-7-18-19(14-17)34-13-12-33-18)15-29-22-21(25-9-10-26-22)23(31)28(24(29)32)11-8-16-4-2-1-3-5-16/h1-7,9-10,14H,8,11-13,15H2,(H,27,30). The van der Waals surface area contributed by atoms with Crippen LogP contribution in [-0.2, 0) is 24.3 Å². The van der Waals surface area contributed by atoms with Crippen molar-refractivity contribution >= 4 is 22.8 Å². The maximum absolute atomic E-state index is 13.2. The quantitative estimate of drug-likeness (QED) is 0.465. The molecule has 0 saturated heterocycles. The lowest BCUT2D eigenvalue weighted by atomic mass is 10.1. The van der Waals surface area contributed by atoms with Crippen molar-refractivity contribution < 1.29 is 14.3 Å². The monoisotopic (exact) mass is 459 g/mol. The average molecular weight is 459 g/mol. The smallest absolute Gasteiger partial charge is 0.333 e. The number of ether oxygens (including phenoxy) is 2. The molecule has 0 aliphatic carbocycles. The van der Waals surface area contributed by atoms with Crippen molar-refractivity contribution in [3.63, 3.8) is 0 Å². The summed E-state index contributed by atoms with van der Waals surface area (Å²) in [6.45, 7) is 0.705. The molecule has 172 valence electrons. The number of benzene rings is 2. The van der Waals surface area contributed by atoms with E-state index in [9.17, 15) is 14.4 Å². The fourth-order valence-electron chi connectivity index (χ4n) is 3.82. The second-order valence-electron chi connectivity index (χ2n) is 7.70. The van der Waals surface area contributed by atoms with Crippen LogP contribution >= 0.6 is 0 Å². The lowest BCUT2D eigenvalue weighted by Crippen LogP contribution is -2.42. The number of hydrogen-bond donors (Lipinski definition) is 1. The van der Waals surface area contributed by atoms with E-state index in [1.165, 1.54) is 17.0 Å². The van der Waals surface area contributed by atoms with Crippen molar-refractivity contribution in [1.29, 1.82) is 0 Å². The maximum atomic E-state index is 13.2. The summed E-state index contributed by atoms with van der Waals surface area (Å²) in [6.07, 6.45) is 3.24. The van der Waals surface area contributed by atoms with Crippen LogP contribution < -0.4 is 26.0 Å². The number of aromatic nitrogens is 4. The van der Waals surface area contributed by atoms with Gasteiger partial charge in [0, 0.05) is 30.7 Å². The Hall–Kier alpha value is -4.47. The predicted molar refractivity (Wildman–Crippen MR) is 124 cm³/mol. The highest BCUT2D eigenvalue weighted by molar-refractivity contribution is 5.91. The number of fused-ring (bicyclic) bond motifs is 2. The van der Waals surface area contributed by atoms with Crippen LogP contribution in [-0.4, -0.2) is 38.2 Å². The molecular weight excluding hydrogens is 438 g/mol. The molecule has 34 heavy (non-hydrogen) atoms. The molecule has 0 radical (unpaired) electrons. The van der Waals surface area contributed by atoms with Gasteiger partial charge in [0.1, 0.15) is 19.8 Å². The van der Waals surface area contributed by atoms with Gasteiger partial charge in [-0.1, -0.05) is 30.3 Å². The Labute approximate surface area is 193 Å². The van der Waals surface area contributed by atoms with Gasteiger partial charge < -0.3 is 14.8 Å². The van der Waals surface area contributed by atoms with Crippen LogP contribution in [0.5, 0.6) is 11.5 Å². The first-order valence-corrected chi connectivity index (χ1v) is 10.8. The normalized spacial score (nSPS) is 12.5. The maximum Gasteiger partial charge on any atom is 0.333 e. The first-order chi connectivity index (χ1) is 16.6. The van der Waals surface area contributed by atoms with Crippen LogP contribution in [0.15, 0.2) is 70.5 Å². The topological polar surface area (TPSA) is 117 Å². The zero-order valence-corrected chi connectivity index (χ0v) is 18.1. The number of nitrogens with zero attached hydrogens (tertiary/aromatic N) is 4. The van der Waals surface area contributed by atoms with Gasteiger partial charge in [-0.3, -0.25) is 18.7 Å². The number of carbonyl (C=O) groups is 1. The summed E-state index contributed by atoms with van der Waals surface area (Å²) in [5.74, 6) is 0.679. The fraction of sp³-hybridized carbons (Fsp3) is 0.208. The Morgan fingerprint density at radius 1 is 0.941 bits per heavy atom. The van der Waals surface area contributed by atoms with Crippen molar-refractivity contribution in [2.45, 2.75) is 19.5 Å². The summed E-state index contributed by atoms with van der Waals surface area (Å²) < 4.78 is 13.3. The summed E-state index contributed by atoms with van der Waals surface area (Å²) in [6, 6.07) is 14.6. The van der Waals surface area contributed by atoms with E-state index >= 15 is 0 Å². The Morgan fingerprint density at radius 2 is 1.71 bits per heavy atom. The molecule has 1 N–H and O–H groups in total. The minimum atomic E-state index is -0.619. The summed E-state index contributed by atoms with van der Waals surface area (Å²) in [4.78, 5) is 47.3. The van der Waals surface area contributed by atoms with E-state index < -0.39 is 17.2 Å². The van der Waals surface area contributed by atoms with E-state index in [0.717, 1.165) is 10.1 Å². The lowest BCUT2D eigenvalue weighted by Gasteiger charge is -2.19. The second-order valence-corrected chi connectivity index (χ2v) is 7.70. The van der Waals surface area contributed by atoms with Crippen LogP contribution in [0.1, 0.15) is 5.56 Å². The van der Waals surface area contributed by atoms with Crippen molar-refractivity contribution in [2.75, 3.05) is 18.5 Å². The Bertz CT molecular complexity index is 1480. The summed E-state index contributed by atoms with van der Waals surface area (Å²) in [5, 5.41) is 2.75. The highest BCUT2D eigenvalue weighted by Gasteiger charge is 2.18. The van der Waals surface area contributed by atoms with Gasteiger partial charge in [0.05, 0.1) is 0 Å². The zero-order valence-electron chi connectivity index (χ0n) is 18.1. The minimum Gasteiger partial charge on any atom is -0.486 e. The number of hydrogen-bond acceptors (Lipinski definition) is 7. The molecule has 0 atom stereocenters. The van der Waals surface area contributed by atoms with Gasteiger partial charge in [0.2, 0.25) is 5.91 Å². The Balaban J connectivity index is 1.44. The highest BCUT2D eigenvalue weighted by atomic mass is 16.6. The molecule has 0 spiro atoms. The average Bonchev–Trinajstić information content (AvgIpc) is 2.87. The molecule has 2 aromatic heterocycles. The van der Waals surface area contributed by atoms with Gasteiger partial charge in [-0.25, -0.2) is 14.8 Å². The fourth-order valence-corrected chi connectivity index (χ4v) is 3.82. The second kappa shape index (κ2) is 9.18. The summed E-state index contributed by atoms with van der Waals surface area (Å²) in [5.41, 5.74) is 0.415. The van der Waals surface area contributed by atoms with Crippen molar-refractivity contribution in [3.05, 3.63) is 87.3 Å². The van der Waals surface area contributed by atoms with Crippen LogP contribution in [0.3, 0.4) is 0 Å².